The zero-order valence-corrected chi connectivity index (χ0v) is 25.7. The monoisotopic (exact) mass is 617 g/mol. The van der Waals surface area contributed by atoms with Crippen LogP contribution in [0.1, 0.15) is 32.8 Å². The largest absolute Gasteiger partial charge is 0.493 e. The van der Waals surface area contributed by atoms with E-state index >= 15 is 0 Å². The molecule has 1 aromatic heterocycles. The van der Waals surface area contributed by atoms with Crippen molar-refractivity contribution in [3.8, 4) is 11.5 Å². The predicted octanol–water partition coefficient (Wildman–Crippen LogP) is 4.06. The van der Waals surface area contributed by atoms with E-state index in [4.69, 9.17) is 42.8 Å². The standard InChI is InChI=1S/C29H36ClN5O6S/c1-29(2,3)41-28(37)35-12-13-39-19(16-35)17-40-23-15-31-10-8-18(23)14-33-21-9-11-32-26(36)24(21)27(42)34-22-7-5-6-20(30)25(22)38-4/h5-8,10,15,19,33H,9,11-14,16-17H2,1-4H3,(H,32,36)(H,34,42)/t19-/m0/s1. The number of hydrogen-bond acceptors (Lipinski definition) is 9. The molecule has 4 rings (SSSR count). The minimum absolute atomic E-state index is 0.226. The van der Waals surface area contributed by atoms with Gasteiger partial charge in [-0.3, -0.25) is 9.78 Å². The Morgan fingerprint density at radius 2 is 2.12 bits per heavy atom. The van der Waals surface area contributed by atoms with Crippen LogP contribution in [0.25, 0.3) is 0 Å². The van der Waals surface area contributed by atoms with E-state index in [2.05, 4.69) is 20.9 Å². The highest BCUT2D eigenvalue weighted by Gasteiger charge is 2.29. The number of anilines is 1. The smallest absolute Gasteiger partial charge is 0.410 e. The minimum atomic E-state index is -0.574. The van der Waals surface area contributed by atoms with Crippen molar-refractivity contribution in [3.05, 3.63) is 58.5 Å². The molecule has 0 saturated carbocycles. The van der Waals surface area contributed by atoms with E-state index in [1.807, 2.05) is 26.8 Å². The van der Waals surface area contributed by atoms with Crippen LogP contribution in [0, 0.1) is 0 Å². The van der Waals surface area contributed by atoms with Gasteiger partial charge in [0.1, 0.15) is 29.0 Å². The second-order valence-corrected chi connectivity index (χ2v) is 11.5. The van der Waals surface area contributed by atoms with Crippen LogP contribution >= 0.6 is 23.8 Å². The molecule has 1 aromatic carbocycles. The number of halogens is 1. The average Bonchev–Trinajstić information content (AvgIpc) is 2.94. The molecule has 42 heavy (non-hydrogen) atoms. The van der Waals surface area contributed by atoms with Gasteiger partial charge in [-0.25, -0.2) is 4.79 Å². The molecular weight excluding hydrogens is 582 g/mol. The van der Waals surface area contributed by atoms with Gasteiger partial charge >= 0.3 is 6.09 Å². The number of pyridine rings is 1. The van der Waals surface area contributed by atoms with Crippen LogP contribution in [0.15, 0.2) is 47.9 Å². The average molecular weight is 618 g/mol. The number of rotatable bonds is 9. The Bertz CT molecular complexity index is 1350. The van der Waals surface area contributed by atoms with Gasteiger partial charge in [-0.05, 0) is 39.0 Å². The van der Waals surface area contributed by atoms with Gasteiger partial charge in [0.15, 0.2) is 5.75 Å². The number of aromatic nitrogens is 1. The number of ether oxygens (including phenoxy) is 4. The lowest BCUT2D eigenvalue weighted by Gasteiger charge is -2.34. The molecule has 2 aliphatic heterocycles. The van der Waals surface area contributed by atoms with Crippen molar-refractivity contribution in [1.29, 1.82) is 0 Å². The van der Waals surface area contributed by atoms with E-state index in [9.17, 15) is 9.59 Å². The van der Waals surface area contributed by atoms with Gasteiger partial charge in [-0.15, -0.1) is 0 Å². The fourth-order valence-corrected chi connectivity index (χ4v) is 5.03. The van der Waals surface area contributed by atoms with Crippen molar-refractivity contribution in [2.24, 2.45) is 0 Å². The van der Waals surface area contributed by atoms with E-state index in [1.165, 1.54) is 7.11 Å². The third kappa shape index (κ3) is 8.24. The highest BCUT2D eigenvalue weighted by atomic mass is 35.5. The van der Waals surface area contributed by atoms with Crippen LogP contribution in [-0.2, 0) is 20.8 Å². The molecule has 0 unspecified atom stereocenters. The van der Waals surface area contributed by atoms with Gasteiger partial charge in [0.25, 0.3) is 5.91 Å². The Labute approximate surface area is 255 Å². The molecule has 0 bridgehead atoms. The summed E-state index contributed by atoms with van der Waals surface area (Å²) in [4.78, 5) is 31.5. The molecule has 2 aromatic rings. The number of nitrogens with one attached hydrogen (secondary N) is 3. The number of hydrogen-bond donors (Lipinski definition) is 3. The van der Waals surface area contributed by atoms with Crippen LogP contribution in [-0.4, -0.2) is 78.5 Å². The van der Waals surface area contributed by atoms with E-state index < -0.39 is 5.60 Å². The second kappa shape index (κ2) is 14.0. The molecule has 3 heterocycles. The Kier molecular flexibility index (Phi) is 10.5. The van der Waals surface area contributed by atoms with Crippen LogP contribution in [0.5, 0.6) is 11.5 Å². The zero-order chi connectivity index (χ0) is 30.3. The summed E-state index contributed by atoms with van der Waals surface area (Å²) in [5.74, 6) is 0.717. The van der Waals surface area contributed by atoms with E-state index in [0.29, 0.717) is 72.7 Å². The maximum absolute atomic E-state index is 12.9. The van der Waals surface area contributed by atoms with Crippen molar-refractivity contribution in [2.45, 2.75) is 45.4 Å². The molecule has 0 spiro atoms. The Hall–Kier alpha value is -3.61. The van der Waals surface area contributed by atoms with Crippen molar-refractivity contribution in [1.82, 2.24) is 20.5 Å². The van der Waals surface area contributed by atoms with Crippen LogP contribution < -0.4 is 25.4 Å². The summed E-state index contributed by atoms with van der Waals surface area (Å²) >= 11 is 11.9. The first-order chi connectivity index (χ1) is 20.1. The maximum atomic E-state index is 12.9. The normalized spacial score (nSPS) is 17.3. The third-order valence-corrected chi connectivity index (χ3v) is 7.02. The molecule has 3 N–H and O–H groups in total. The van der Waals surface area contributed by atoms with Crippen molar-refractivity contribution in [2.75, 3.05) is 45.3 Å². The highest BCUT2D eigenvalue weighted by Crippen LogP contribution is 2.33. The molecule has 226 valence electrons. The first-order valence-corrected chi connectivity index (χ1v) is 14.4. The van der Waals surface area contributed by atoms with Gasteiger partial charge in [0.2, 0.25) is 0 Å². The summed E-state index contributed by atoms with van der Waals surface area (Å²) in [7, 11) is 1.51. The van der Waals surface area contributed by atoms with Gasteiger partial charge in [0.05, 0.1) is 42.7 Å². The van der Waals surface area contributed by atoms with Gasteiger partial charge in [0, 0.05) is 43.5 Å². The number of nitrogens with zero attached hydrogens (tertiary/aromatic N) is 2. The summed E-state index contributed by atoms with van der Waals surface area (Å²) in [6.45, 7) is 7.78. The number of amides is 2. The summed E-state index contributed by atoms with van der Waals surface area (Å²) in [6, 6.07) is 7.09. The number of para-hydroxylation sites is 1. The lowest BCUT2D eigenvalue weighted by molar-refractivity contribution is -0.117. The van der Waals surface area contributed by atoms with Crippen molar-refractivity contribution >= 4 is 46.5 Å². The summed E-state index contributed by atoms with van der Waals surface area (Å²) in [6.07, 6.45) is 3.17. The van der Waals surface area contributed by atoms with E-state index in [1.54, 1.807) is 35.5 Å². The lowest BCUT2D eigenvalue weighted by atomic mass is 10.1. The van der Waals surface area contributed by atoms with E-state index in [-0.39, 0.29) is 29.7 Å². The predicted molar refractivity (Wildman–Crippen MR) is 163 cm³/mol. The van der Waals surface area contributed by atoms with Gasteiger partial charge in [-0.1, -0.05) is 29.9 Å². The first kappa shape index (κ1) is 31.3. The topological polar surface area (TPSA) is 123 Å². The van der Waals surface area contributed by atoms with Crippen molar-refractivity contribution in [3.63, 3.8) is 0 Å². The fraction of sp³-hybridized carbons (Fsp3) is 0.448. The number of carbonyl (C=O) groups excluding carboxylic acids is 2. The fourth-order valence-electron chi connectivity index (χ4n) is 4.45. The molecule has 1 saturated heterocycles. The van der Waals surface area contributed by atoms with Crippen molar-refractivity contribution < 1.29 is 28.5 Å². The number of thiocarbonyl (C=S) groups is 1. The Balaban J connectivity index is 1.42. The molecule has 11 nitrogen and oxygen atoms in total. The quantitative estimate of drug-likeness (QED) is 0.355. The SMILES string of the molecule is COc1c(Cl)cccc1NC(=S)C1=C(NCc2ccncc2OC[C@@H]2CN(C(=O)OC(C)(C)C)CCO2)CCNC1=O. The summed E-state index contributed by atoms with van der Waals surface area (Å²) < 4.78 is 22.8. The molecule has 2 aliphatic rings. The maximum Gasteiger partial charge on any atom is 0.410 e. The Morgan fingerprint density at radius 1 is 1.31 bits per heavy atom. The highest BCUT2D eigenvalue weighted by molar-refractivity contribution is 7.81. The zero-order valence-electron chi connectivity index (χ0n) is 24.1. The lowest BCUT2D eigenvalue weighted by Crippen LogP contribution is -2.49. The number of methoxy groups -OCH3 is 1. The second-order valence-electron chi connectivity index (χ2n) is 10.7. The van der Waals surface area contributed by atoms with E-state index in [0.717, 1.165) is 5.56 Å². The minimum Gasteiger partial charge on any atom is -0.493 e. The number of morpholine rings is 1. The molecule has 1 fully saturated rings. The molecule has 13 heteroatoms. The number of benzene rings is 1. The molecule has 0 aliphatic carbocycles. The third-order valence-electron chi connectivity index (χ3n) is 6.41. The molecule has 2 amide bonds. The first-order valence-electron chi connectivity index (χ1n) is 13.6. The molecular formula is C29H36ClN5O6S. The van der Waals surface area contributed by atoms with Crippen LogP contribution in [0.2, 0.25) is 5.02 Å². The summed E-state index contributed by atoms with van der Waals surface area (Å²) in [5, 5.41) is 9.75. The summed E-state index contributed by atoms with van der Waals surface area (Å²) in [5.41, 5.74) is 1.85. The van der Waals surface area contributed by atoms with Crippen LogP contribution in [0.3, 0.4) is 0 Å². The van der Waals surface area contributed by atoms with Gasteiger partial charge < -0.3 is 39.8 Å². The molecule has 0 radical (unpaired) electrons. The number of carbonyl (C=O) groups is 2. The van der Waals surface area contributed by atoms with Crippen LogP contribution in [0.4, 0.5) is 10.5 Å². The van der Waals surface area contributed by atoms with Gasteiger partial charge in [-0.2, -0.15) is 0 Å². The Morgan fingerprint density at radius 3 is 2.88 bits per heavy atom. The molecule has 1 atom stereocenters.